The number of piperazine rings is 1. The third-order valence-corrected chi connectivity index (χ3v) is 9.62. The fourth-order valence-corrected chi connectivity index (χ4v) is 7.03. The summed E-state index contributed by atoms with van der Waals surface area (Å²) in [7, 11) is 0. The topological polar surface area (TPSA) is 131 Å². The van der Waals surface area contributed by atoms with Gasteiger partial charge >= 0.3 is 12.2 Å². The minimum absolute atomic E-state index is 0.0332. The van der Waals surface area contributed by atoms with E-state index in [4.69, 9.17) is 4.74 Å². The lowest BCUT2D eigenvalue weighted by Crippen LogP contribution is -2.65. The highest BCUT2D eigenvalue weighted by Crippen LogP contribution is 2.41. The summed E-state index contributed by atoms with van der Waals surface area (Å²) in [5.74, 6) is -4.69. The Morgan fingerprint density at radius 2 is 1.56 bits per heavy atom. The molecule has 10 nitrogen and oxygen atoms in total. The molecule has 3 amide bonds. The number of ether oxygens (including phenoxy) is 1. The van der Waals surface area contributed by atoms with Gasteiger partial charge in [0.15, 0.2) is 17.4 Å². The molecule has 2 aliphatic heterocycles. The number of rotatable bonds is 12. The minimum Gasteiger partial charge on any atom is -0.488 e. The van der Waals surface area contributed by atoms with Gasteiger partial charge < -0.3 is 29.9 Å². The van der Waals surface area contributed by atoms with Gasteiger partial charge in [-0.25, -0.2) is 18.4 Å². The Bertz CT molecular complexity index is 1800. The summed E-state index contributed by atoms with van der Waals surface area (Å²) in [6.45, 7) is -0.0805. The van der Waals surface area contributed by atoms with E-state index in [1.165, 1.54) is 9.80 Å². The monoisotopic (exact) mass is 693 g/mol. The third kappa shape index (κ3) is 7.28. The molecule has 3 N–H and O–H groups in total. The SMILES string of the molecule is O=C(O)N1C[C@H]2CC(c3ccc(CCCOc4c(F)ccc(F)c4F)cc3)=C(C(=O)N(Cc3ccccc3CCO)C3CC3)[C@@H](C1)N2C(=O)O. The Morgan fingerprint density at radius 3 is 2.22 bits per heavy atom. The summed E-state index contributed by atoms with van der Waals surface area (Å²) in [4.78, 5) is 43.6. The number of aliphatic hydroxyl groups is 1. The Labute approximate surface area is 287 Å². The molecular formula is C37H38F3N3O7. The predicted molar refractivity (Wildman–Crippen MR) is 176 cm³/mol. The Hall–Kier alpha value is -5.04. The van der Waals surface area contributed by atoms with Crippen LogP contribution < -0.4 is 4.74 Å². The van der Waals surface area contributed by atoms with E-state index in [0.717, 1.165) is 35.6 Å². The van der Waals surface area contributed by atoms with Crippen molar-refractivity contribution >= 4 is 23.7 Å². The molecule has 264 valence electrons. The highest BCUT2D eigenvalue weighted by atomic mass is 19.2. The second kappa shape index (κ2) is 14.8. The number of fused-ring (bicyclic) bond motifs is 2. The van der Waals surface area contributed by atoms with Crippen LogP contribution in [0.5, 0.6) is 5.75 Å². The summed E-state index contributed by atoms with van der Waals surface area (Å²) in [6, 6.07) is 14.6. The summed E-state index contributed by atoms with van der Waals surface area (Å²) in [5.41, 5.74) is 4.26. The third-order valence-electron chi connectivity index (χ3n) is 9.62. The molecule has 1 saturated carbocycles. The van der Waals surface area contributed by atoms with E-state index >= 15 is 0 Å². The molecule has 50 heavy (non-hydrogen) atoms. The van der Waals surface area contributed by atoms with Gasteiger partial charge in [0.05, 0.1) is 18.7 Å². The first kappa shape index (κ1) is 34.8. The first-order valence-corrected chi connectivity index (χ1v) is 16.6. The molecule has 0 spiro atoms. The van der Waals surface area contributed by atoms with Crippen molar-refractivity contribution in [2.45, 2.75) is 63.2 Å². The maximum absolute atomic E-state index is 14.8. The Morgan fingerprint density at radius 1 is 0.860 bits per heavy atom. The Kier molecular flexibility index (Phi) is 10.3. The van der Waals surface area contributed by atoms with E-state index in [1.807, 2.05) is 48.5 Å². The van der Waals surface area contributed by atoms with Crippen molar-refractivity contribution in [1.82, 2.24) is 14.7 Å². The molecule has 3 aromatic rings. The maximum atomic E-state index is 14.8. The van der Waals surface area contributed by atoms with Crippen LogP contribution in [0.1, 0.15) is 47.9 Å². The lowest BCUT2D eigenvalue weighted by Gasteiger charge is -2.49. The number of halogens is 3. The van der Waals surface area contributed by atoms with E-state index in [1.54, 1.807) is 4.90 Å². The van der Waals surface area contributed by atoms with Crippen molar-refractivity contribution < 1.29 is 47.6 Å². The van der Waals surface area contributed by atoms with Gasteiger partial charge in [0.2, 0.25) is 5.82 Å². The molecule has 1 saturated heterocycles. The van der Waals surface area contributed by atoms with Crippen molar-refractivity contribution in [3.05, 3.63) is 106 Å². The van der Waals surface area contributed by atoms with Crippen molar-refractivity contribution in [2.24, 2.45) is 0 Å². The number of hydrogen-bond acceptors (Lipinski definition) is 5. The first-order valence-electron chi connectivity index (χ1n) is 16.6. The quantitative estimate of drug-likeness (QED) is 0.164. The summed E-state index contributed by atoms with van der Waals surface area (Å²) >= 11 is 0. The number of carbonyl (C=O) groups excluding carboxylic acids is 1. The molecular weight excluding hydrogens is 655 g/mol. The van der Waals surface area contributed by atoms with Gasteiger partial charge in [0.1, 0.15) is 0 Å². The highest BCUT2D eigenvalue weighted by Gasteiger charge is 2.49. The number of carboxylic acid groups (broad SMARTS) is 2. The zero-order valence-corrected chi connectivity index (χ0v) is 27.2. The number of nitrogens with zero attached hydrogens (tertiary/aromatic N) is 3. The molecule has 0 unspecified atom stereocenters. The minimum atomic E-state index is -1.38. The van der Waals surface area contributed by atoms with E-state index in [-0.39, 0.29) is 56.8 Å². The molecule has 3 aromatic carbocycles. The smallest absolute Gasteiger partial charge is 0.408 e. The van der Waals surface area contributed by atoms with E-state index < -0.39 is 47.5 Å². The van der Waals surface area contributed by atoms with Gasteiger partial charge in [-0.3, -0.25) is 9.69 Å². The molecule has 2 atom stereocenters. The van der Waals surface area contributed by atoms with Gasteiger partial charge in [-0.15, -0.1) is 0 Å². The lowest BCUT2D eigenvalue weighted by molar-refractivity contribution is -0.129. The molecule has 13 heteroatoms. The summed E-state index contributed by atoms with van der Waals surface area (Å²) < 4.78 is 46.6. The fraction of sp³-hybridized carbons (Fsp3) is 0.378. The van der Waals surface area contributed by atoms with Gasteiger partial charge in [0, 0.05) is 37.9 Å². The average Bonchev–Trinajstić information content (AvgIpc) is 3.94. The van der Waals surface area contributed by atoms with E-state index in [2.05, 4.69) is 0 Å². The number of aryl methyl sites for hydroxylation is 1. The van der Waals surface area contributed by atoms with E-state index in [9.17, 15) is 42.9 Å². The number of hydrogen-bond donors (Lipinski definition) is 3. The second-order valence-electron chi connectivity index (χ2n) is 12.9. The normalized spacial score (nSPS) is 18.6. The first-order chi connectivity index (χ1) is 24.1. The van der Waals surface area contributed by atoms with Crippen LogP contribution in [0.15, 0.2) is 66.2 Å². The van der Waals surface area contributed by atoms with Crippen LogP contribution in [0.25, 0.3) is 5.57 Å². The number of benzene rings is 3. The molecule has 3 aliphatic rings. The van der Waals surface area contributed by atoms with Crippen molar-refractivity contribution in [3.63, 3.8) is 0 Å². The Balaban J connectivity index is 1.30. The number of carbonyl (C=O) groups is 3. The van der Waals surface area contributed by atoms with Crippen LogP contribution in [0.2, 0.25) is 0 Å². The van der Waals surface area contributed by atoms with E-state index in [0.29, 0.717) is 36.5 Å². The fourth-order valence-electron chi connectivity index (χ4n) is 7.03. The van der Waals surface area contributed by atoms with Crippen molar-refractivity contribution in [2.75, 3.05) is 26.3 Å². The molecule has 0 aromatic heterocycles. The largest absolute Gasteiger partial charge is 0.488 e. The molecule has 1 aliphatic carbocycles. The van der Waals surface area contributed by atoms with Crippen molar-refractivity contribution in [1.29, 1.82) is 0 Å². The molecule has 0 radical (unpaired) electrons. The van der Waals surface area contributed by atoms with Crippen molar-refractivity contribution in [3.8, 4) is 5.75 Å². The highest BCUT2D eigenvalue weighted by molar-refractivity contribution is 6.04. The summed E-state index contributed by atoms with van der Waals surface area (Å²) in [5, 5.41) is 29.8. The van der Waals surface area contributed by atoms with Crippen LogP contribution in [-0.4, -0.2) is 92.5 Å². The van der Waals surface area contributed by atoms with Crippen LogP contribution >= 0.6 is 0 Å². The molecule has 2 bridgehead atoms. The average molecular weight is 694 g/mol. The molecule has 6 rings (SSSR count). The lowest BCUT2D eigenvalue weighted by atomic mass is 9.81. The summed E-state index contributed by atoms with van der Waals surface area (Å²) in [6.07, 6.45) is 0.541. The van der Waals surface area contributed by atoms with Crippen LogP contribution in [-0.2, 0) is 24.2 Å². The molecule has 2 heterocycles. The van der Waals surface area contributed by atoms with Gasteiger partial charge in [-0.05, 0) is 78.5 Å². The number of amides is 3. The van der Waals surface area contributed by atoms with Crippen LogP contribution in [0.4, 0.5) is 22.8 Å². The zero-order chi connectivity index (χ0) is 35.5. The van der Waals surface area contributed by atoms with Gasteiger partial charge in [-0.1, -0.05) is 48.5 Å². The number of aliphatic hydroxyl groups excluding tert-OH is 1. The predicted octanol–water partition coefficient (Wildman–Crippen LogP) is 5.71. The standard InChI is InChI=1S/C37H38F3N3O7/c38-29-13-14-30(39)34(33(29)40)50-17-3-4-22-7-9-24(10-8-22)28-18-27-20-41(36(46)47)21-31(43(27)37(48)49)32(28)35(45)42(26-11-12-26)19-25-6-2-1-5-23(25)15-16-44/h1-2,5-10,13-14,26-27,31,44H,3-4,11-12,15-21H2,(H,46,47)(H,48,49)/t27-,31-/m1/s1. The van der Waals surface area contributed by atoms with Gasteiger partial charge in [0.25, 0.3) is 5.91 Å². The molecule has 2 fully saturated rings. The zero-order valence-electron chi connectivity index (χ0n) is 27.2. The van der Waals surface area contributed by atoms with Crippen LogP contribution in [0.3, 0.4) is 0 Å². The van der Waals surface area contributed by atoms with Crippen LogP contribution in [0, 0.1) is 17.5 Å². The maximum Gasteiger partial charge on any atom is 0.408 e. The van der Waals surface area contributed by atoms with Gasteiger partial charge in [-0.2, -0.15) is 4.39 Å². The second-order valence-corrected chi connectivity index (χ2v) is 12.9.